The molecular formula is C14H19ClN2O5. The first kappa shape index (κ1) is 19.9. The van der Waals surface area contributed by atoms with E-state index >= 15 is 0 Å². The highest BCUT2D eigenvalue weighted by Crippen LogP contribution is 2.17. The predicted molar refractivity (Wildman–Crippen MR) is 83.3 cm³/mol. The van der Waals surface area contributed by atoms with Crippen LogP contribution in [0, 0.1) is 0 Å². The number of esters is 2. The third kappa shape index (κ3) is 5.71. The normalized spacial score (nSPS) is 9.41. The monoisotopic (exact) mass is 330 g/mol. The number of amides is 1. The van der Waals surface area contributed by atoms with E-state index in [0.29, 0.717) is 18.7 Å². The maximum Gasteiger partial charge on any atom is 0.337 e. The van der Waals surface area contributed by atoms with Crippen LogP contribution in [0.2, 0.25) is 0 Å². The number of nitrogens with one attached hydrogen (secondary N) is 1. The molecule has 0 aliphatic carbocycles. The smallest absolute Gasteiger partial charge is 0.337 e. The Morgan fingerprint density at radius 2 is 1.55 bits per heavy atom. The Labute approximate surface area is 134 Å². The second kappa shape index (κ2) is 9.75. The largest absolute Gasteiger partial charge is 0.465 e. The van der Waals surface area contributed by atoms with Crippen molar-refractivity contribution in [2.24, 2.45) is 5.73 Å². The summed E-state index contributed by atoms with van der Waals surface area (Å²) in [4.78, 5) is 34.8. The summed E-state index contributed by atoms with van der Waals surface area (Å²) in [5, 5.41) is 2.61. The zero-order chi connectivity index (χ0) is 15.8. The van der Waals surface area contributed by atoms with Gasteiger partial charge in [-0.1, -0.05) is 0 Å². The number of methoxy groups -OCH3 is 2. The Kier molecular flexibility index (Phi) is 8.81. The van der Waals surface area contributed by atoms with Gasteiger partial charge in [0.25, 0.3) is 0 Å². The standard InChI is InChI=1S/C14H18N2O5.ClH/c1-20-13(18)9-6-10(14(19)21-2)8-11(7-9)16-12(17)4-3-5-15;/h6-8H,3-5,15H2,1-2H3,(H,16,17);1H. The van der Waals surface area contributed by atoms with Gasteiger partial charge in [0.2, 0.25) is 5.91 Å². The fourth-order valence-corrected chi connectivity index (χ4v) is 1.66. The lowest BCUT2D eigenvalue weighted by atomic mass is 10.1. The zero-order valence-electron chi connectivity index (χ0n) is 12.4. The minimum Gasteiger partial charge on any atom is -0.465 e. The van der Waals surface area contributed by atoms with Crippen LogP contribution in [0.5, 0.6) is 0 Å². The van der Waals surface area contributed by atoms with E-state index < -0.39 is 11.9 Å². The van der Waals surface area contributed by atoms with Crippen molar-refractivity contribution in [3.8, 4) is 0 Å². The van der Waals surface area contributed by atoms with Gasteiger partial charge in [-0.3, -0.25) is 4.79 Å². The van der Waals surface area contributed by atoms with Gasteiger partial charge >= 0.3 is 11.9 Å². The molecule has 0 heterocycles. The molecule has 0 saturated carbocycles. The fraction of sp³-hybridized carbons (Fsp3) is 0.357. The summed E-state index contributed by atoms with van der Waals surface area (Å²) in [5.74, 6) is -1.48. The third-order valence-electron chi connectivity index (χ3n) is 2.67. The van der Waals surface area contributed by atoms with Gasteiger partial charge in [-0.05, 0) is 31.2 Å². The van der Waals surface area contributed by atoms with Gasteiger partial charge in [-0.15, -0.1) is 12.4 Å². The van der Waals surface area contributed by atoms with Crippen molar-refractivity contribution in [3.05, 3.63) is 29.3 Å². The number of carbonyl (C=O) groups excluding carboxylic acids is 3. The molecule has 1 rings (SSSR count). The van der Waals surface area contributed by atoms with Gasteiger partial charge in [0, 0.05) is 12.1 Å². The van der Waals surface area contributed by atoms with Crippen LogP contribution in [0.3, 0.4) is 0 Å². The summed E-state index contributed by atoms with van der Waals surface area (Å²) in [7, 11) is 2.46. The molecule has 22 heavy (non-hydrogen) atoms. The molecule has 0 radical (unpaired) electrons. The van der Waals surface area contributed by atoms with Crippen molar-refractivity contribution >= 4 is 35.9 Å². The molecule has 122 valence electrons. The van der Waals surface area contributed by atoms with Gasteiger partial charge in [-0.2, -0.15) is 0 Å². The number of rotatable bonds is 6. The average Bonchev–Trinajstić information content (AvgIpc) is 2.50. The van der Waals surface area contributed by atoms with Crippen LogP contribution in [0.15, 0.2) is 18.2 Å². The van der Waals surface area contributed by atoms with Crippen molar-refractivity contribution in [1.82, 2.24) is 0 Å². The second-order valence-corrected chi connectivity index (χ2v) is 4.22. The molecule has 8 heteroatoms. The van der Waals surface area contributed by atoms with Crippen LogP contribution in [-0.4, -0.2) is 38.6 Å². The lowest BCUT2D eigenvalue weighted by molar-refractivity contribution is -0.116. The topological polar surface area (TPSA) is 108 Å². The van der Waals surface area contributed by atoms with E-state index in [0.717, 1.165) is 0 Å². The number of hydrogen-bond acceptors (Lipinski definition) is 6. The molecule has 3 N–H and O–H groups in total. The maximum absolute atomic E-state index is 11.7. The highest BCUT2D eigenvalue weighted by Gasteiger charge is 2.14. The van der Waals surface area contributed by atoms with Crippen molar-refractivity contribution in [3.63, 3.8) is 0 Å². The molecule has 1 aromatic carbocycles. The van der Waals surface area contributed by atoms with E-state index in [1.54, 1.807) is 0 Å². The Bertz CT molecular complexity index is 514. The summed E-state index contributed by atoms with van der Waals surface area (Å²) in [5.41, 5.74) is 5.95. The van der Waals surface area contributed by atoms with Gasteiger partial charge in [0.1, 0.15) is 0 Å². The van der Waals surface area contributed by atoms with Gasteiger partial charge in [0.05, 0.1) is 25.3 Å². The van der Waals surface area contributed by atoms with Crippen molar-refractivity contribution in [2.75, 3.05) is 26.1 Å². The summed E-state index contributed by atoms with van der Waals surface area (Å²) in [6.07, 6.45) is 0.804. The maximum atomic E-state index is 11.7. The average molecular weight is 331 g/mol. The SMILES string of the molecule is COC(=O)c1cc(NC(=O)CCCN)cc(C(=O)OC)c1.Cl. The van der Waals surface area contributed by atoms with E-state index in [1.165, 1.54) is 32.4 Å². The second-order valence-electron chi connectivity index (χ2n) is 4.22. The zero-order valence-corrected chi connectivity index (χ0v) is 13.2. The van der Waals surface area contributed by atoms with E-state index in [1.807, 2.05) is 0 Å². The highest BCUT2D eigenvalue weighted by atomic mass is 35.5. The molecule has 0 aromatic heterocycles. The lowest BCUT2D eigenvalue weighted by Crippen LogP contribution is -2.15. The molecular weight excluding hydrogens is 312 g/mol. The highest BCUT2D eigenvalue weighted by molar-refractivity contribution is 5.99. The lowest BCUT2D eigenvalue weighted by Gasteiger charge is -2.09. The molecule has 7 nitrogen and oxygen atoms in total. The number of ether oxygens (including phenoxy) is 2. The van der Waals surface area contributed by atoms with E-state index in [2.05, 4.69) is 14.8 Å². The minimum atomic E-state index is -0.613. The number of halogens is 1. The molecule has 1 aromatic rings. The number of anilines is 1. The number of carbonyl (C=O) groups is 3. The molecule has 0 aliphatic rings. The van der Waals surface area contributed by atoms with Crippen molar-refractivity contribution in [1.29, 1.82) is 0 Å². The molecule has 0 atom stereocenters. The summed E-state index contributed by atoms with van der Waals surface area (Å²) in [6, 6.07) is 4.20. The minimum absolute atomic E-state index is 0. The number of nitrogens with two attached hydrogens (primary N) is 1. The molecule has 0 fully saturated rings. The van der Waals surface area contributed by atoms with Crippen LogP contribution >= 0.6 is 12.4 Å². The Morgan fingerprint density at radius 3 is 1.95 bits per heavy atom. The van der Waals surface area contributed by atoms with Crippen LogP contribution < -0.4 is 11.1 Å². The van der Waals surface area contributed by atoms with E-state index in [4.69, 9.17) is 5.73 Å². The molecule has 1 amide bonds. The Morgan fingerprint density at radius 1 is 1.05 bits per heavy atom. The quantitative estimate of drug-likeness (QED) is 0.762. The number of benzene rings is 1. The number of hydrogen-bond donors (Lipinski definition) is 2. The predicted octanol–water partition coefficient (Wildman–Crippen LogP) is 1.36. The Balaban J connectivity index is 0.00000441. The Hall–Kier alpha value is -2.12. The first-order valence-electron chi connectivity index (χ1n) is 6.33. The third-order valence-corrected chi connectivity index (χ3v) is 2.67. The fourth-order valence-electron chi connectivity index (χ4n) is 1.66. The van der Waals surface area contributed by atoms with Gasteiger partial charge in [-0.25, -0.2) is 9.59 Å². The molecule has 0 bridgehead atoms. The molecule has 0 unspecified atom stereocenters. The van der Waals surface area contributed by atoms with Gasteiger partial charge in [0.15, 0.2) is 0 Å². The molecule has 0 spiro atoms. The van der Waals surface area contributed by atoms with Gasteiger partial charge < -0.3 is 20.5 Å². The van der Waals surface area contributed by atoms with Crippen LogP contribution in [0.25, 0.3) is 0 Å². The first-order chi connectivity index (χ1) is 10.0. The van der Waals surface area contributed by atoms with E-state index in [-0.39, 0.29) is 35.9 Å². The van der Waals surface area contributed by atoms with Crippen LogP contribution in [-0.2, 0) is 14.3 Å². The molecule has 0 saturated heterocycles. The summed E-state index contributed by atoms with van der Waals surface area (Å²) in [6.45, 7) is 0.406. The van der Waals surface area contributed by atoms with E-state index in [9.17, 15) is 14.4 Å². The first-order valence-corrected chi connectivity index (χ1v) is 6.33. The summed E-state index contributed by atoms with van der Waals surface area (Å²) < 4.78 is 9.22. The summed E-state index contributed by atoms with van der Waals surface area (Å²) >= 11 is 0. The van der Waals surface area contributed by atoms with Crippen LogP contribution in [0.4, 0.5) is 5.69 Å². The van der Waals surface area contributed by atoms with Crippen LogP contribution in [0.1, 0.15) is 33.6 Å². The van der Waals surface area contributed by atoms with Crippen molar-refractivity contribution in [2.45, 2.75) is 12.8 Å². The van der Waals surface area contributed by atoms with Crippen molar-refractivity contribution < 1.29 is 23.9 Å². The molecule has 0 aliphatic heterocycles.